The van der Waals surface area contributed by atoms with Gasteiger partial charge in [-0.2, -0.15) is 0 Å². The molecule has 1 N–H and O–H groups in total. The molecule has 0 saturated carbocycles. The Morgan fingerprint density at radius 1 is 1.21 bits per heavy atom. The molecule has 3 heteroatoms. The number of aryl methyl sites for hydroxylation is 2. The van der Waals surface area contributed by atoms with Gasteiger partial charge in [-0.3, -0.25) is 0 Å². The predicted molar refractivity (Wildman–Crippen MR) is 75.8 cm³/mol. The van der Waals surface area contributed by atoms with Crippen molar-refractivity contribution in [1.29, 1.82) is 0 Å². The van der Waals surface area contributed by atoms with Crippen LogP contribution in [0.2, 0.25) is 0 Å². The highest BCUT2D eigenvalue weighted by Gasteiger charge is 2.21. The van der Waals surface area contributed by atoms with Crippen molar-refractivity contribution >= 4 is 0 Å². The molecular formula is C16H19N3. The summed E-state index contributed by atoms with van der Waals surface area (Å²) in [5.74, 6) is 0.607. The molecular weight excluding hydrogens is 234 g/mol. The molecule has 1 aliphatic carbocycles. The Kier molecular flexibility index (Phi) is 2.66. The van der Waals surface area contributed by atoms with E-state index in [4.69, 9.17) is 0 Å². The minimum absolute atomic E-state index is 0.607. The van der Waals surface area contributed by atoms with Crippen LogP contribution in [0.25, 0.3) is 5.69 Å². The maximum absolute atomic E-state index is 4.37. The normalized spacial score (nSPS) is 21.8. The third kappa shape index (κ3) is 1.89. The molecule has 1 atom stereocenters. The van der Waals surface area contributed by atoms with E-state index in [1.54, 1.807) is 0 Å². The number of nitrogens with one attached hydrogen (secondary N) is 1. The molecule has 1 unspecified atom stereocenters. The Balaban J connectivity index is 1.74. The number of rotatable bonds is 2. The molecule has 1 fully saturated rings. The molecule has 0 radical (unpaired) electrons. The first-order chi connectivity index (χ1) is 9.42. The summed E-state index contributed by atoms with van der Waals surface area (Å²) in [6.45, 7) is 2.21. The molecule has 1 aliphatic heterocycles. The van der Waals surface area contributed by atoms with E-state index < -0.39 is 0 Å². The van der Waals surface area contributed by atoms with E-state index in [-0.39, 0.29) is 0 Å². The monoisotopic (exact) mass is 253 g/mol. The van der Waals surface area contributed by atoms with E-state index in [0.717, 1.165) is 13.1 Å². The van der Waals surface area contributed by atoms with Crippen LogP contribution >= 0.6 is 0 Å². The van der Waals surface area contributed by atoms with Crippen molar-refractivity contribution in [2.45, 2.75) is 31.6 Å². The van der Waals surface area contributed by atoms with Crippen molar-refractivity contribution in [3.63, 3.8) is 0 Å². The lowest BCUT2D eigenvalue weighted by Crippen LogP contribution is -2.10. The van der Waals surface area contributed by atoms with Crippen LogP contribution in [0, 0.1) is 0 Å². The average molecular weight is 253 g/mol. The first-order valence-electron chi connectivity index (χ1n) is 7.27. The topological polar surface area (TPSA) is 29.9 Å². The second-order valence-electron chi connectivity index (χ2n) is 5.68. The van der Waals surface area contributed by atoms with E-state index >= 15 is 0 Å². The predicted octanol–water partition coefficient (Wildman–Crippen LogP) is 2.44. The summed E-state index contributed by atoms with van der Waals surface area (Å²) < 4.78 is 2.27. The zero-order valence-electron chi connectivity index (χ0n) is 11.1. The van der Waals surface area contributed by atoms with Crippen LogP contribution in [0.5, 0.6) is 0 Å². The first kappa shape index (κ1) is 11.2. The Labute approximate surface area is 113 Å². The van der Waals surface area contributed by atoms with Crippen LogP contribution in [0.1, 0.15) is 35.6 Å². The maximum atomic E-state index is 4.37. The van der Waals surface area contributed by atoms with Crippen molar-refractivity contribution in [2.24, 2.45) is 0 Å². The number of hydrogen-bond acceptors (Lipinski definition) is 2. The third-order valence-corrected chi connectivity index (χ3v) is 4.51. The lowest BCUT2D eigenvalue weighted by Gasteiger charge is -2.14. The number of benzene rings is 1. The lowest BCUT2D eigenvalue weighted by molar-refractivity contribution is 0.713. The minimum Gasteiger partial charge on any atom is -0.316 e. The molecule has 1 aromatic heterocycles. The number of nitrogens with zero attached hydrogens (tertiary/aromatic N) is 2. The van der Waals surface area contributed by atoms with Gasteiger partial charge in [-0.25, -0.2) is 4.98 Å². The highest BCUT2D eigenvalue weighted by atomic mass is 15.1. The van der Waals surface area contributed by atoms with Gasteiger partial charge in [0.05, 0.1) is 6.33 Å². The number of aromatic nitrogens is 2. The standard InChI is InChI=1S/C16H19N3/c1-2-12-4-5-15(8-13(12)3-1)19-11-18-10-16(19)14-6-7-17-9-14/h4-5,8,10-11,14,17H,1-3,6-7,9H2. The van der Waals surface area contributed by atoms with Gasteiger partial charge in [-0.15, -0.1) is 0 Å². The Bertz CT molecular complexity index is 594. The fourth-order valence-corrected chi connectivity index (χ4v) is 3.44. The van der Waals surface area contributed by atoms with Crippen LogP contribution in [-0.4, -0.2) is 22.6 Å². The Hall–Kier alpha value is -1.61. The van der Waals surface area contributed by atoms with Crippen molar-refractivity contribution in [3.8, 4) is 5.69 Å². The lowest BCUT2D eigenvalue weighted by atomic mass is 10.0. The molecule has 3 nitrogen and oxygen atoms in total. The van der Waals surface area contributed by atoms with Gasteiger partial charge in [0.2, 0.25) is 0 Å². The van der Waals surface area contributed by atoms with E-state index in [1.807, 2.05) is 12.5 Å². The van der Waals surface area contributed by atoms with Gasteiger partial charge in [0.15, 0.2) is 0 Å². The molecule has 2 heterocycles. The van der Waals surface area contributed by atoms with Crippen molar-refractivity contribution in [2.75, 3.05) is 13.1 Å². The second-order valence-corrected chi connectivity index (χ2v) is 5.68. The molecule has 0 amide bonds. The fraction of sp³-hybridized carbons (Fsp3) is 0.438. The molecule has 4 rings (SSSR count). The van der Waals surface area contributed by atoms with Crippen LogP contribution in [-0.2, 0) is 12.8 Å². The molecule has 0 bridgehead atoms. The Morgan fingerprint density at radius 2 is 2.16 bits per heavy atom. The zero-order chi connectivity index (χ0) is 12.7. The van der Waals surface area contributed by atoms with Crippen LogP contribution in [0.15, 0.2) is 30.7 Å². The number of imidazole rings is 1. The van der Waals surface area contributed by atoms with Crippen molar-refractivity contribution in [1.82, 2.24) is 14.9 Å². The molecule has 2 aliphatic rings. The van der Waals surface area contributed by atoms with Crippen LogP contribution in [0.4, 0.5) is 0 Å². The van der Waals surface area contributed by atoms with E-state index in [1.165, 1.54) is 48.2 Å². The molecule has 1 aromatic carbocycles. The summed E-state index contributed by atoms with van der Waals surface area (Å²) in [5.41, 5.74) is 5.69. The summed E-state index contributed by atoms with van der Waals surface area (Å²) in [6.07, 6.45) is 9.01. The van der Waals surface area contributed by atoms with Crippen LogP contribution < -0.4 is 5.32 Å². The van der Waals surface area contributed by atoms with E-state index in [9.17, 15) is 0 Å². The molecule has 2 aromatic rings. The summed E-state index contributed by atoms with van der Waals surface area (Å²) in [7, 11) is 0. The molecule has 1 saturated heterocycles. The summed E-state index contributed by atoms with van der Waals surface area (Å²) in [6, 6.07) is 6.90. The maximum Gasteiger partial charge on any atom is 0.0994 e. The first-order valence-corrected chi connectivity index (χ1v) is 7.27. The molecule has 19 heavy (non-hydrogen) atoms. The van der Waals surface area contributed by atoms with Gasteiger partial charge >= 0.3 is 0 Å². The highest BCUT2D eigenvalue weighted by molar-refractivity contribution is 5.44. The highest BCUT2D eigenvalue weighted by Crippen LogP contribution is 2.28. The van der Waals surface area contributed by atoms with E-state index in [0.29, 0.717) is 5.92 Å². The number of hydrogen-bond donors (Lipinski definition) is 1. The Morgan fingerprint density at radius 3 is 3.05 bits per heavy atom. The zero-order valence-corrected chi connectivity index (χ0v) is 11.1. The van der Waals surface area contributed by atoms with Gasteiger partial charge in [0.1, 0.15) is 0 Å². The minimum atomic E-state index is 0.607. The molecule has 98 valence electrons. The average Bonchev–Trinajstić information content (AvgIpc) is 3.18. The van der Waals surface area contributed by atoms with Gasteiger partial charge in [0.25, 0.3) is 0 Å². The SMILES string of the molecule is c1cc2c(cc1-n1cncc1C1CCNC1)CCC2. The number of fused-ring (bicyclic) bond motifs is 1. The quantitative estimate of drug-likeness (QED) is 0.891. The molecule has 0 spiro atoms. The third-order valence-electron chi connectivity index (χ3n) is 4.51. The van der Waals surface area contributed by atoms with Gasteiger partial charge in [-0.1, -0.05) is 6.07 Å². The summed E-state index contributed by atoms with van der Waals surface area (Å²) in [4.78, 5) is 4.37. The van der Waals surface area contributed by atoms with Gasteiger partial charge < -0.3 is 9.88 Å². The summed E-state index contributed by atoms with van der Waals surface area (Å²) in [5, 5.41) is 3.44. The smallest absolute Gasteiger partial charge is 0.0994 e. The van der Waals surface area contributed by atoms with Gasteiger partial charge in [0, 0.05) is 30.0 Å². The fourth-order valence-electron chi connectivity index (χ4n) is 3.44. The van der Waals surface area contributed by atoms with Crippen LogP contribution in [0.3, 0.4) is 0 Å². The largest absolute Gasteiger partial charge is 0.316 e. The summed E-state index contributed by atoms with van der Waals surface area (Å²) >= 11 is 0. The van der Waals surface area contributed by atoms with E-state index in [2.05, 4.69) is 33.1 Å². The van der Waals surface area contributed by atoms with Crippen molar-refractivity contribution < 1.29 is 0 Å². The van der Waals surface area contributed by atoms with Crippen molar-refractivity contribution in [3.05, 3.63) is 47.5 Å². The van der Waals surface area contributed by atoms with Gasteiger partial charge in [-0.05, 0) is 55.5 Å². The second kappa shape index (κ2) is 4.49.